The number of nitrogens with zero attached hydrogens (tertiary/aromatic N) is 1. The number of nitrogens with two attached hydrogens (primary N) is 1. The molecule has 0 radical (unpaired) electrons. The molecule has 2 N–H and O–H groups in total. The van der Waals surface area contributed by atoms with E-state index in [2.05, 4.69) is 15.9 Å². The number of hydrogen-bond donors (Lipinski definition) is 1. The molecular weight excluding hydrogens is 320 g/mol. The van der Waals surface area contributed by atoms with Gasteiger partial charge in [0.15, 0.2) is 0 Å². The number of halogens is 1. The first-order chi connectivity index (χ1) is 8.09. The van der Waals surface area contributed by atoms with Gasteiger partial charge >= 0.3 is 0 Å². The standard InChI is InChI=1S/C11H13BrN2OS2/c12-8-3-5-17-9(8)11(15)14-4-1-2-7(6-14)10(13)16/h3,5,7H,1-2,4,6H2,(H2,13,16). The molecule has 0 saturated carbocycles. The maximum absolute atomic E-state index is 12.3. The van der Waals surface area contributed by atoms with Crippen LogP contribution >= 0.6 is 39.5 Å². The van der Waals surface area contributed by atoms with E-state index in [0.717, 1.165) is 28.7 Å². The molecule has 1 atom stereocenters. The number of amides is 1. The fourth-order valence-corrected chi connectivity index (χ4v) is 3.68. The van der Waals surface area contributed by atoms with Crippen LogP contribution in [0.5, 0.6) is 0 Å². The zero-order valence-electron chi connectivity index (χ0n) is 9.19. The second-order valence-electron chi connectivity index (χ2n) is 4.09. The van der Waals surface area contributed by atoms with Crippen molar-refractivity contribution in [1.29, 1.82) is 0 Å². The molecule has 17 heavy (non-hydrogen) atoms. The Morgan fingerprint density at radius 3 is 3.00 bits per heavy atom. The summed E-state index contributed by atoms with van der Waals surface area (Å²) in [4.78, 5) is 15.4. The second-order valence-corrected chi connectivity index (χ2v) is 6.33. The summed E-state index contributed by atoms with van der Waals surface area (Å²) in [6.45, 7) is 1.45. The highest BCUT2D eigenvalue weighted by molar-refractivity contribution is 9.10. The number of piperidine rings is 1. The summed E-state index contributed by atoms with van der Waals surface area (Å²) in [5, 5.41) is 1.91. The van der Waals surface area contributed by atoms with Gasteiger partial charge in [-0.15, -0.1) is 11.3 Å². The van der Waals surface area contributed by atoms with Gasteiger partial charge in [-0.2, -0.15) is 0 Å². The van der Waals surface area contributed by atoms with Crippen molar-refractivity contribution in [2.24, 2.45) is 11.7 Å². The van der Waals surface area contributed by atoms with E-state index in [-0.39, 0.29) is 11.8 Å². The smallest absolute Gasteiger partial charge is 0.265 e. The Labute approximate surface area is 118 Å². The van der Waals surface area contributed by atoms with Crippen molar-refractivity contribution in [3.8, 4) is 0 Å². The number of likely N-dealkylation sites (tertiary alicyclic amines) is 1. The first-order valence-corrected chi connectivity index (χ1v) is 7.49. The summed E-state index contributed by atoms with van der Waals surface area (Å²) < 4.78 is 0.866. The Balaban J connectivity index is 2.10. The van der Waals surface area contributed by atoms with Gasteiger partial charge in [0, 0.05) is 23.5 Å². The Morgan fingerprint density at radius 1 is 1.65 bits per heavy atom. The van der Waals surface area contributed by atoms with Gasteiger partial charge in [0.2, 0.25) is 0 Å². The van der Waals surface area contributed by atoms with Crippen LogP contribution in [0.1, 0.15) is 22.5 Å². The van der Waals surface area contributed by atoms with Crippen molar-refractivity contribution in [1.82, 2.24) is 4.90 Å². The molecule has 1 unspecified atom stereocenters. The predicted octanol–water partition coefficient (Wildman–Crippen LogP) is 2.65. The number of rotatable bonds is 2. The number of thiophene rings is 1. The third kappa shape index (κ3) is 2.86. The van der Waals surface area contributed by atoms with Gasteiger partial charge in [-0.05, 0) is 40.2 Å². The number of carbonyl (C=O) groups excluding carboxylic acids is 1. The summed E-state index contributed by atoms with van der Waals surface area (Å²) in [6.07, 6.45) is 1.96. The van der Waals surface area contributed by atoms with Crippen LogP contribution in [0.25, 0.3) is 0 Å². The van der Waals surface area contributed by atoms with Crippen molar-refractivity contribution >= 4 is 50.4 Å². The molecule has 2 rings (SSSR count). The summed E-state index contributed by atoms with van der Waals surface area (Å²) in [6, 6.07) is 1.90. The lowest BCUT2D eigenvalue weighted by Gasteiger charge is -2.32. The first-order valence-electron chi connectivity index (χ1n) is 5.41. The van der Waals surface area contributed by atoms with Gasteiger partial charge in [0.05, 0.1) is 4.99 Å². The van der Waals surface area contributed by atoms with Crippen LogP contribution in [0.3, 0.4) is 0 Å². The van der Waals surface area contributed by atoms with Gasteiger partial charge in [0.1, 0.15) is 4.88 Å². The Kier molecular flexibility index (Phi) is 4.17. The average Bonchev–Trinajstić information content (AvgIpc) is 2.74. The van der Waals surface area contributed by atoms with Crippen LogP contribution in [0.4, 0.5) is 0 Å². The van der Waals surface area contributed by atoms with Crippen LogP contribution in [0, 0.1) is 5.92 Å². The summed E-state index contributed by atoms with van der Waals surface area (Å²) >= 11 is 9.86. The Morgan fingerprint density at radius 2 is 2.41 bits per heavy atom. The third-order valence-corrected chi connectivity index (χ3v) is 5.08. The maximum Gasteiger partial charge on any atom is 0.265 e. The molecule has 1 aromatic rings. The van der Waals surface area contributed by atoms with E-state index in [1.807, 2.05) is 16.3 Å². The van der Waals surface area contributed by atoms with Gasteiger partial charge in [-0.25, -0.2) is 0 Å². The van der Waals surface area contributed by atoms with E-state index >= 15 is 0 Å². The molecule has 1 aliphatic heterocycles. The molecule has 1 amide bonds. The van der Waals surface area contributed by atoms with E-state index in [1.165, 1.54) is 11.3 Å². The average molecular weight is 333 g/mol. The fraction of sp³-hybridized carbons (Fsp3) is 0.455. The van der Waals surface area contributed by atoms with Crippen molar-refractivity contribution in [2.45, 2.75) is 12.8 Å². The predicted molar refractivity (Wildman–Crippen MR) is 77.4 cm³/mol. The van der Waals surface area contributed by atoms with Gasteiger partial charge < -0.3 is 10.6 Å². The van der Waals surface area contributed by atoms with Crippen molar-refractivity contribution in [3.63, 3.8) is 0 Å². The molecule has 2 heterocycles. The quantitative estimate of drug-likeness (QED) is 0.847. The Hall–Kier alpha value is -0.460. The highest BCUT2D eigenvalue weighted by atomic mass is 79.9. The van der Waals surface area contributed by atoms with Crippen molar-refractivity contribution in [3.05, 3.63) is 20.8 Å². The van der Waals surface area contributed by atoms with E-state index in [0.29, 0.717) is 11.5 Å². The van der Waals surface area contributed by atoms with E-state index in [4.69, 9.17) is 18.0 Å². The van der Waals surface area contributed by atoms with Crippen LogP contribution in [0.2, 0.25) is 0 Å². The first kappa shape index (κ1) is 13.0. The molecule has 1 aromatic heterocycles. The zero-order valence-corrected chi connectivity index (χ0v) is 12.4. The SMILES string of the molecule is NC(=S)C1CCCN(C(=O)c2sccc2Br)C1. The molecule has 1 saturated heterocycles. The third-order valence-electron chi connectivity index (χ3n) is 2.92. The number of carbonyl (C=O) groups is 1. The molecule has 92 valence electrons. The molecule has 0 spiro atoms. The molecule has 3 nitrogen and oxygen atoms in total. The lowest BCUT2D eigenvalue weighted by atomic mass is 9.98. The topological polar surface area (TPSA) is 46.3 Å². The van der Waals surface area contributed by atoms with Crippen LogP contribution in [-0.4, -0.2) is 28.9 Å². The lowest BCUT2D eigenvalue weighted by Crippen LogP contribution is -2.43. The van der Waals surface area contributed by atoms with Crippen LogP contribution in [0.15, 0.2) is 15.9 Å². The fourth-order valence-electron chi connectivity index (χ4n) is 1.98. The van der Waals surface area contributed by atoms with Crippen LogP contribution < -0.4 is 5.73 Å². The van der Waals surface area contributed by atoms with E-state index in [9.17, 15) is 4.79 Å². The highest BCUT2D eigenvalue weighted by Gasteiger charge is 2.27. The minimum atomic E-state index is 0.0767. The molecule has 0 aliphatic carbocycles. The monoisotopic (exact) mass is 332 g/mol. The Bertz CT molecular complexity index is 446. The maximum atomic E-state index is 12.3. The van der Waals surface area contributed by atoms with Gasteiger partial charge in [-0.3, -0.25) is 4.79 Å². The molecule has 1 fully saturated rings. The normalized spacial score (nSPS) is 20.3. The highest BCUT2D eigenvalue weighted by Crippen LogP contribution is 2.26. The largest absolute Gasteiger partial charge is 0.393 e. The van der Waals surface area contributed by atoms with Crippen molar-refractivity contribution < 1.29 is 4.79 Å². The zero-order chi connectivity index (χ0) is 12.4. The van der Waals surface area contributed by atoms with E-state index in [1.54, 1.807) is 0 Å². The minimum Gasteiger partial charge on any atom is -0.393 e. The van der Waals surface area contributed by atoms with Crippen molar-refractivity contribution in [2.75, 3.05) is 13.1 Å². The van der Waals surface area contributed by atoms with Crippen LogP contribution in [-0.2, 0) is 0 Å². The molecular formula is C11H13BrN2OS2. The summed E-state index contributed by atoms with van der Waals surface area (Å²) in [7, 11) is 0. The molecule has 0 aromatic carbocycles. The van der Waals surface area contributed by atoms with E-state index < -0.39 is 0 Å². The van der Waals surface area contributed by atoms with Gasteiger partial charge in [0.25, 0.3) is 5.91 Å². The van der Waals surface area contributed by atoms with Gasteiger partial charge in [-0.1, -0.05) is 12.2 Å². The number of hydrogen-bond acceptors (Lipinski definition) is 3. The molecule has 6 heteroatoms. The lowest BCUT2D eigenvalue weighted by molar-refractivity contribution is 0.0707. The second kappa shape index (κ2) is 5.46. The summed E-state index contributed by atoms with van der Waals surface area (Å²) in [5.74, 6) is 0.245. The summed E-state index contributed by atoms with van der Waals surface area (Å²) in [5.41, 5.74) is 5.66. The minimum absolute atomic E-state index is 0.0767. The molecule has 0 bridgehead atoms. The number of thiocarbonyl (C=S) groups is 1. The molecule has 1 aliphatic rings.